The summed E-state index contributed by atoms with van der Waals surface area (Å²) < 4.78 is 38.2. The van der Waals surface area contributed by atoms with Gasteiger partial charge in [-0.15, -0.1) is 0 Å². The van der Waals surface area contributed by atoms with E-state index in [1.54, 1.807) is 0 Å². The number of hydrogen-bond acceptors (Lipinski definition) is 3. The molecule has 0 aliphatic rings. The molecule has 1 aromatic rings. The first kappa shape index (κ1) is 13.5. The van der Waals surface area contributed by atoms with Gasteiger partial charge in [0.1, 0.15) is 5.82 Å². The van der Waals surface area contributed by atoms with Crippen molar-refractivity contribution in [2.45, 2.75) is 6.92 Å². The normalized spacial score (nSPS) is 10.5. The number of nitrogens with two attached hydrogens (primary N) is 1. The Balaban J connectivity index is 3.05. The maximum atomic E-state index is 13.3. The van der Waals surface area contributed by atoms with Crippen molar-refractivity contribution in [3.05, 3.63) is 29.6 Å². The van der Waals surface area contributed by atoms with E-state index >= 15 is 0 Å². The van der Waals surface area contributed by atoms with Gasteiger partial charge in [-0.3, -0.25) is 4.72 Å². The van der Waals surface area contributed by atoms with Crippen LogP contribution < -0.4 is 10.5 Å². The summed E-state index contributed by atoms with van der Waals surface area (Å²) in [5, 5.41) is 0. The summed E-state index contributed by atoms with van der Waals surface area (Å²) in [7, 11) is -3.37. The fraction of sp³-hybridized carbons (Fsp3) is 0.273. The molecule has 4 nitrogen and oxygen atoms in total. The second-order valence-corrected chi connectivity index (χ2v) is 5.22. The lowest BCUT2D eigenvalue weighted by molar-refractivity contribution is 0.602. The van der Waals surface area contributed by atoms with Crippen LogP contribution in [-0.4, -0.2) is 20.7 Å². The largest absolute Gasteiger partial charge is 0.320 e. The fourth-order valence-electron chi connectivity index (χ4n) is 1.08. The molecule has 0 atom stereocenters. The van der Waals surface area contributed by atoms with E-state index in [2.05, 4.69) is 16.6 Å². The molecule has 0 fully saturated rings. The number of sulfonamides is 1. The molecule has 92 valence electrons. The zero-order chi connectivity index (χ0) is 12.9. The topological polar surface area (TPSA) is 72.2 Å². The lowest BCUT2D eigenvalue weighted by Gasteiger charge is -2.06. The highest BCUT2D eigenvalue weighted by molar-refractivity contribution is 7.92. The van der Waals surface area contributed by atoms with Gasteiger partial charge >= 0.3 is 0 Å². The van der Waals surface area contributed by atoms with Gasteiger partial charge in [-0.2, -0.15) is 0 Å². The summed E-state index contributed by atoms with van der Waals surface area (Å²) in [5.41, 5.74) is 5.58. The van der Waals surface area contributed by atoms with Crippen molar-refractivity contribution in [2.24, 2.45) is 5.73 Å². The lowest BCUT2D eigenvalue weighted by Crippen LogP contribution is -2.14. The van der Waals surface area contributed by atoms with Crippen LogP contribution in [0.15, 0.2) is 18.2 Å². The zero-order valence-electron chi connectivity index (χ0n) is 9.33. The van der Waals surface area contributed by atoms with Crippen molar-refractivity contribution >= 4 is 15.7 Å². The average molecular weight is 256 g/mol. The number of nitrogens with one attached hydrogen (secondary N) is 1. The van der Waals surface area contributed by atoms with Gasteiger partial charge in [0.2, 0.25) is 10.0 Å². The van der Waals surface area contributed by atoms with E-state index < -0.39 is 15.8 Å². The number of hydrogen-bond donors (Lipinski definition) is 2. The molecule has 0 bridgehead atoms. The molecule has 0 aromatic heterocycles. The van der Waals surface area contributed by atoms with E-state index in [4.69, 9.17) is 5.73 Å². The molecule has 0 aliphatic carbocycles. The first-order valence-electron chi connectivity index (χ1n) is 4.97. The Bertz CT molecular complexity index is 559. The summed E-state index contributed by atoms with van der Waals surface area (Å²) in [6, 6.07) is 3.84. The second kappa shape index (κ2) is 5.66. The summed E-state index contributed by atoms with van der Waals surface area (Å²) in [6.45, 7) is 1.63. The summed E-state index contributed by atoms with van der Waals surface area (Å²) in [5.74, 6) is 4.49. The maximum absolute atomic E-state index is 13.3. The molecule has 6 heteroatoms. The van der Waals surface area contributed by atoms with Crippen molar-refractivity contribution in [1.29, 1.82) is 0 Å². The molecule has 1 aromatic carbocycles. The van der Waals surface area contributed by atoms with Gasteiger partial charge in [-0.05, 0) is 25.1 Å². The van der Waals surface area contributed by atoms with Crippen molar-refractivity contribution in [3.63, 3.8) is 0 Å². The molecule has 0 heterocycles. The van der Waals surface area contributed by atoms with Crippen LogP contribution >= 0.6 is 0 Å². The Labute approximate surface area is 100 Å². The van der Waals surface area contributed by atoms with Crippen LogP contribution in [0.1, 0.15) is 12.5 Å². The Hall–Kier alpha value is -1.58. The van der Waals surface area contributed by atoms with Crippen LogP contribution in [0, 0.1) is 17.7 Å². The maximum Gasteiger partial charge on any atom is 0.232 e. The highest BCUT2D eigenvalue weighted by Crippen LogP contribution is 2.15. The van der Waals surface area contributed by atoms with Crippen molar-refractivity contribution in [2.75, 3.05) is 17.0 Å². The quantitative estimate of drug-likeness (QED) is 0.789. The fourth-order valence-corrected chi connectivity index (χ4v) is 1.71. The van der Waals surface area contributed by atoms with Crippen LogP contribution in [0.2, 0.25) is 0 Å². The lowest BCUT2D eigenvalue weighted by atomic mass is 10.2. The van der Waals surface area contributed by atoms with Crippen LogP contribution in [0.5, 0.6) is 0 Å². The molecule has 0 aliphatic heterocycles. The summed E-state index contributed by atoms with van der Waals surface area (Å²) in [4.78, 5) is 0. The molecular formula is C11H13FN2O2S. The minimum absolute atomic E-state index is 0.0474. The molecule has 0 saturated heterocycles. The summed E-state index contributed by atoms with van der Waals surface area (Å²) >= 11 is 0. The van der Waals surface area contributed by atoms with Crippen LogP contribution in [0.4, 0.5) is 10.1 Å². The van der Waals surface area contributed by atoms with E-state index in [0.717, 1.165) is 6.07 Å². The Morgan fingerprint density at radius 3 is 2.76 bits per heavy atom. The van der Waals surface area contributed by atoms with E-state index in [1.807, 2.05) is 0 Å². The van der Waals surface area contributed by atoms with Crippen LogP contribution in [0.25, 0.3) is 0 Å². The van der Waals surface area contributed by atoms with E-state index in [1.165, 1.54) is 19.1 Å². The summed E-state index contributed by atoms with van der Waals surface area (Å²) in [6.07, 6.45) is 0. The number of halogens is 1. The first-order valence-corrected chi connectivity index (χ1v) is 6.62. The van der Waals surface area contributed by atoms with Crippen LogP contribution in [0.3, 0.4) is 0 Å². The third-order valence-corrected chi connectivity index (χ3v) is 3.25. The van der Waals surface area contributed by atoms with Crippen LogP contribution in [-0.2, 0) is 10.0 Å². The first-order chi connectivity index (χ1) is 7.98. The smallest absolute Gasteiger partial charge is 0.232 e. The molecular weight excluding hydrogens is 243 g/mol. The van der Waals surface area contributed by atoms with E-state index in [-0.39, 0.29) is 23.5 Å². The molecule has 3 N–H and O–H groups in total. The highest BCUT2D eigenvalue weighted by Gasteiger charge is 2.08. The number of anilines is 1. The third kappa shape index (κ3) is 4.06. The van der Waals surface area contributed by atoms with E-state index in [0.29, 0.717) is 0 Å². The van der Waals surface area contributed by atoms with Gasteiger partial charge in [0, 0.05) is 5.69 Å². The van der Waals surface area contributed by atoms with Gasteiger partial charge in [-0.25, -0.2) is 12.8 Å². The van der Waals surface area contributed by atoms with Gasteiger partial charge < -0.3 is 5.73 Å². The Morgan fingerprint density at radius 1 is 1.47 bits per heavy atom. The number of benzene rings is 1. The van der Waals surface area contributed by atoms with Gasteiger partial charge in [0.15, 0.2) is 0 Å². The molecule has 0 unspecified atom stereocenters. The zero-order valence-corrected chi connectivity index (χ0v) is 10.1. The molecule has 0 spiro atoms. The minimum Gasteiger partial charge on any atom is -0.320 e. The minimum atomic E-state index is -3.37. The van der Waals surface area contributed by atoms with E-state index in [9.17, 15) is 12.8 Å². The van der Waals surface area contributed by atoms with Crippen molar-refractivity contribution in [3.8, 4) is 11.8 Å². The van der Waals surface area contributed by atoms with Gasteiger partial charge in [-0.1, -0.05) is 11.8 Å². The Morgan fingerprint density at radius 2 is 2.18 bits per heavy atom. The van der Waals surface area contributed by atoms with Gasteiger partial charge in [0.05, 0.1) is 17.9 Å². The third-order valence-electron chi connectivity index (χ3n) is 1.94. The Kier molecular flexibility index (Phi) is 4.49. The predicted molar refractivity (Wildman–Crippen MR) is 65.4 cm³/mol. The van der Waals surface area contributed by atoms with Gasteiger partial charge in [0.25, 0.3) is 0 Å². The molecule has 0 saturated carbocycles. The van der Waals surface area contributed by atoms with Crippen molar-refractivity contribution in [1.82, 2.24) is 0 Å². The average Bonchev–Trinajstić information content (AvgIpc) is 2.29. The molecule has 17 heavy (non-hydrogen) atoms. The number of rotatable bonds is 3. The second-order valence-electron chi connectivity index (χ2n) is 3.21. The molecule has 1 rings (SSSR count). The SMILES string of the molecule is CCS(=O)(=O)Nc1ccc(F)c(C#CCN)c1. The monoisotopic (exact) mass is 256 g/mol. The predicted octanol–water partition coefficient (Wildman–Crippen LogP) is 0.898. The molecule has 0 amide bonds. The standard InChI is InChI=1S/C11H13FN2O2S/c1-2-17(15,16)14-10-5-6-11(12)9(8-10)4-3-7-13/h5-6,8,14H,2,7,13H2,1H3. The van der Waals surface area contributed by atoms with Crippen molar-refractivity contribution < 1.29 is 12.8 Å². The highest BCUT2D eigenvalue weighted by atomic mass is 32.2. The molecule has 0 radical (unpaired) electrons.